The number of rotatable bonds is 25. The van der Waals surface area contributed by atoms with Crippen molar-refractivity contribution >= 4 is 122 Å². The molecule has 0 radical (unpaired) electrons. The summed E-state index contributed by atoms with van der Waals surface area (Å²) >= 11 is 0. The van der Waals surface area contributed by atoms with E-state index in [2.05, 4.69) is 26.6 Å². The molecular formula is C75H79FN10O20. The largest absolute Gasteiger partial charge is 0.478 e. The van der Waals surface area contributed by atoms with E-state index in [1.807, 2.05) is 50.2 Å². The van der Waals surface area contributed by atoms with E-state index in [9.17, 15) is 72.6 Å². The number of halogens is 1. The van der Waals surface area contributed by atoms with Gasteiger partial charge in [-0.05, 0) is 173 Å². The molecule has 0 aromatic heterocycles. The van der Waals surface area contributed by atoms with Gasteiger partial charge in [0.25, 0.3) is 17.5 Å². The van der Waals surface area contributed by atoms with Crippen LogP contribution in [0.15, 0.2) is 170 Å². The van der Waals surface area contributed by atoms with Crippen LogP contribution < -0.4 is 43.0 Å². The lowest BCUT2D eigenvalue weighted by Gasteiger charge is -2.23. The third-order valence-electron chi connectivity index (χ3n) is 14.4. The van der Waals surface area contributed by atoms with Crippen LogP contribution in [0.25, 0.3) is 0 Å². The molecule has 556 valence electrons. The number of benzene rings is 8. The van der Waals surface area contributed by atoms with Crippen molar-refractivity contribution in [2.45, 2.75) is 73.6 Å². The van der Waals surface area contributed by atoms with Gasteiger partial charge in [-0.25, -0.2) is 9.59 Å². The number of carboxylic acids is 2. The standard InChI is InChI=1S/C22H23N3O5.C19H23N3O3.C17H16N2O6.C10H13NO2.C7H4FNO4/c1-3-23-22(29)15-7-10-18-17(12-15)24-19(26)13-20(27)25(18)16-8-5-14(6-9-16)11-21(28)30-4-2;1-3-21-19(24)14-7-10-17(16(20)12-14)22-15-8-5-13(6-9-15)11-18(23)25-4-2;1-2-25-16(20)9-11-3-6-13(7-4-11)18-14-8-5-12(17(21)22)10-15(14)19(23)24;1-2-13-10(12)7-8-3-5-9(11)6-4-8;8-5-2-1-4(7(10)11)3-6(5)9(12)13/h5-10,12H,3-4,11,13H2,1-2H3,(H,23,29)(H,24,26);5-10,12,22H,3-4,11,20H2,1-2H3,(H,21,24);3-8,10,18H,2,9H2,1H3,(H,21,22);3-6H,2,7,11H2,1H3;1-3H,(H,10,11). The molecular weight excluding hydrogens is 1380 g/mol. The first kappa shape index (κ1) is 83.1. The number of nitro groups is 2. The number of nitrogens with zero attached hydrogens (tertiary/aromatic N) is 3. The number of hydrogen-bond acceptors (Lipinski definition) is 22. The molecule has 11 N–H and O–H groups in total. The predicted molar refractivity (Wildman–Crippen MR) is 392 cm³/mol. The molecule has 4 amide bonds. The first-order chi connectivity index (χ1) is 50.6. The number of aromatic carboxylic acids is 2. The summed E-state index contributed by atoms with van der Waals surface area (Å²) in [5, 5.41) is 52.9. The average molecular weight is 1460 g/mol. The van der Waals surface area contributed by atoms with Gasteiger partial charge >= 0.3 is 41.5 Å². The highest BCUT2D eigenvalue weighted by Gasteiger charge is 2.29. The summed E-state index contributed by atoms with van der Waals surface area (Å²) in [6, 6.07) is 44.2. The Labute approximate surface area is 607 Å². The normalized spacial score (nSPS) is 10.9. The van der Waals surface area contributed by atoms with Crippen molar-refractivity contribution in [2.75, 3.05) is 71.8 Å². The molecule has 31 heteroatoms. The maximum atomic E-state index is 12.8. The molecule has 0 fully saturated rings. The molecule has 1 aliphatic rings. The first-order valence-electron chi connectivity index (χ1n) is 32.8. The van der Waals surface area contributed by atoms with E-state index in [0.717, 1.165) is 46.1 Å². The highest BCUT2D eigenvalue weighted by atomic mass is 19.1. The van der Waals surface area contributed by atoms with E-state index in [0.29, 0.717) is 103 Å². The number of esters is 4. The maximum absolute atomic E-state index is 12.8. The van der Waals surface area contributed by atoms with Crippen LogP contribution in [0.1, 0.15) is 112 Å². The highest BCUT2D eigenvalue weighted by molar-refractivity contribution is 6.18. The quantitative estimate of drug-likeness (QED) is 0.00641. The number of ether oxygens (including phenoxy) is 4. The van der Waals surface area contributed by atoms with E-state index in [-0.39, 0.29) is 83.9 Å². The zero-order valence-electron chi connectivity index (χ0n) is 58.6. The number of nitrogens with two attached hydrogens (primary N) is 2. The Hall–Kier alpha value is -13.6. The summed E-state index contributed by atoms with van der Waals surface area (Å²) in [7, 11) is 0. The Bertz CT molecular complexity index is 4440. The number of hydrogen-bond donors (Lipinski definition) is 9. The average Bonchev–Trinajstić information content (AvgIpc) is 1.51. The van der Waals surface area contributed by atoms with Gasteiger partial charge in [-0.15, -0.1) is 0 Å². The van der Waals surface area contributed by atoms with Crippen LogP contribution >= 0.6 is 0 Å². The van der Waals surface area contributed by atoms with Crippen molar-refractivity contribution in [3.63, 3.8) is 0 Å². The third-order valence-corrected chi connectivity index (χ3v) is 14.4. The van der Waals surface area contributed by atoms with E-state index < -0.39 is 45.1 Å². The molecule has 8 aromatic carbocycles. The Morgan fingerprint density at radius 2 is 0.868 bits per heavy atom. The summed E-state index contributed by atoms with van der Waals surface area (Å²) in [5.41, 5.74) is 19.0. The molecule has 1 aliphatic heterocycles. The van der Waals surface area contributed by atoms with Crippen LogP contribution in [0, 0.1) is 26.0 Å². The number of carboxylic acid groups (broad SMARTS) is 2. The van der Waals surface area contributed by atoms with Crippen molar-refractivity contribution in [3.8, 4) is 0 Å². The number of carbonyl (C=O) groups is 10. The molecule has 0 saturated carbocycles. The van der Waals surface area contributed by atoms with E-state index in [1.165, 1.54) is 17.0 Å². The topological polar surface area (TPSA) is 450 Å². The van der Waals surface area contributed by atoms with Crippen LogP contribution in [0.3, 0.4) is 0 Å². The van der Waals surface area contributed by atoms with Crippen molar-refractivity contribution in [1.29, 1.82) is 0 Å². The Morgan fingerprint density at radius 1 is 0.491 bits per heavy atom. The predicted octanol–water partition coefficient (Wildman–Crippen LogP) is 11.4. The van der Waals surface area contributed by atoms with Crippen molar-refractivity contribution in [1.82, 2.24) is 10.6 Å². The molecule has 0 aliphatic carbocycles. The fraction of sp³-hybridized carbons (Fsp3) is 0.227. The molecule has 0 atom stereocenters. The van der Waals surface area contributed by atoms with Gasteiger partial charge in [0.2, 0.25) is 17.6 Å². The molecule has 30 nitrogen and oxygen atoms in total. The summed E-state index contributed by atoms with van der Waals surface area (Å²) in [6.45, 7) is 13.2. The van der Waals surface area contributed by atoms with E-state index >= 15 is 0 Å². The van der Waals surface area contributed by atoms with Gasteiger partial charge < -0.3 is 67.2 Å². The summed E-state index contributed by atoms with van der Waals surface area (Å²) in [6.07, 6.45) is 0.511. The molecule has 0 spiro atoms. The number of nitro benzene ring substituents is 2. The van der Waals surface area contributed by atoms with E-state index in [4.69, 9.17) is 40.6 Å². The van der Waals surface area contributed by atoms with Crippen LogP contribution in [0.4, 0.5) is 67.0 Å². The van der Waals surface area contributed by atoms with Crippen LogP contribution in [-0.4, -0.2) is 119 Å². The minimum absolute atomic E-state index is 0.134. The zero-order valence-corrected chi connectivity index (χ0v) is 58.6. The number of nitrogen functional groups attached to an aromatic ring is 2. The first-order valence-corrected chi connectivity index (χ1v) is 32.8. The highest BCUT2D eigenvalue weighted by Crippen LogP contribution is 2.37. The lowest BCUT2D eigenvalue weighted by Crippen LogP contribution is -2.26. The molecule has 0 saturated heterocycles. The fourth-order valence-electron chi connectivity index (χ4n) is 9.49. The second kappa shape index (κ2) is 42.0. The molecule has 0 bridgehead atoms. The summed E-state index contributed by atoms with van der Waals surface area (Å²) < 4.78 is 32.2. The van der Waals surface area contributed by atoms with E-state index in [1.54, 1.807) is 125 Å². The number of carbonyl (C=O) groups excluding carboxylic acids is 8. The van der Waals surface area contributed by atoms with Gasteiger partial charge in [0.15, 0.2) is 0 Å². The van der Waals surface area contributed by atoms with Crippen LogP contribution in [0.2, 0.25) is 0 Å². The van der Waals surface area contributed by atoms with Crippen molar-refractivity contribution < 1.29 is 91.3 Å². The van der Waals surface area contributed by atoms with Crippen LogP contribution in [-0.2, 0) is 73.4 Å². The molecule has 9 rings (SSSR count). The number of fused-ring (bicyclic) bond motifs is 1. The van der Waals surface area contributed by atoms with Gasteiger partial charge in [0.05, 0.1) is 95.8 Å². The second-order valence-electron chi connectivity index (χ2n) is 22.2. The number of anilines is 9. The third kappa shape index (κ3) is 26.7. The monoisotopic (exact) mass is 1460 g/mol. The SMILES string of the molecule is CCNC(=O)c1ccc(Nc2ccc(CC(=O)OCC)cc2)c(N)c1.CCNC(=O)c1ccc2c(c1)NC(=O)CC(=O)N2c1ccc(CC(=O)OCC)cc1.CCOC(=O)Cc1ccc(N)cc1.CCOC(=O)Cc1ccc(Nc2ccc(C(=O)O)cc2[N+](=O)[O-])cc1.O=C(O)c1ccc(F)c([N+](=O)[O-])c1. The Balaban J connectivity index is 0.000000246. The minimum Gasteiger partial charge on any atom is -0.478 e. The molecule has 8 aromatic rings. The molecule has 1 heterocycles. The Kier molecular flexibility index (Phi) is 32.9. The lowest BCUT2D eigenvalue weighted by molar-refractivity contribution is -0.387. The van der Waals surface area contributed by atoms with Gasteiger partial charge in [0.1, 0.15) is 12.1 Å². The maximum Gasteiger partial charge on any atom is 0.335 e. The molecule has 106 heavy (non-hydrogen) atoms. The lowest BCUT2D eigenvalue weighted by atomic mass is 10.1. The Morgan fingerprint density at radius 3 is 1.28 bits per heavy atom. The van der Waals surface area contributed by atoms with Crippen LogP contribution in [0.5, 0.6) is 0 Å². The fourth-order valence-corrected chi connectivity index (χ4v) is 9.49. The zero-order chi connectivity index (χ0) is 78.0. The second-order valence-corrected chi connectivity index (χ2v) is 22.2. The summed E-state index contributed by atoms with van der Waals surface area (Å²) in [4.78, 5) is 137. The minimum atomic E-state index is -1.33. The smallest absolute Gasteiger partial charge is 0.335 e. The van der Waals surface area contributed by atoms with Gasteiger partial charge in [-0.1, -0.05) is 48.5 Å². The van der Waals surface area contributed by atoms with Gasteiger partial charge in [-0.3, -0.25) is 63.5 Å². The summed E-state index contributed by atoms with van der Waals surface area (Å²) in [5.74, 6) is -5.97. The van der Waals surface area contributed by atoms with Gasteiger partial charge in [0, 0.05) is 59.1 Å². The number of amides is 4. The van der Waals surface area contributed by atoms with Crippen molar-refractivity contribution in [2.24, 2.45) is 0 Å². The van der Waals surface area contributed by atoms with Crippen molar-refractivity contribution in [3.05, 3.63) is 240 Å². The van der Waals surface area contributed by atoms with Gasteiger partial charge in [-0.2, -0.15) is 4.39 Å². The number of nitrogens with one attached hydrogen (secondary N) is 5. The molecule has 0 unspecified atom stereocenters.